The molecule has 0 radical (unpaired) electrons. The maximum atomic E-state index is 12.3. The zero-order chi connectivity index (χ0) is 20.6. The van der Waals surface area contributed by atoms with E-state index >= 15 is 0 Å². The van der Waals surface area contributed by atoms with Crippen LogP contribution in [0.4, 0.5) is 0 Å². The lowest BCUT2D eigenvalue weighted by Gasteiger charge is -2.08. The van der Waals surface area contributed by atoms with Crippen LogP contribution in [0.2, 0.25) is 0 Å². The van der Waals surface area contributed by atoms with Crippen LogP contribution >= 0.6 is 0 Å². The lowest BCUT2D eigenvalue weighted by Crippen LogP contribution is -2.31. The zero-order valence-electron chi connectivity index (χ0n) is 16.8. The highest BCUT2D eigenvalue weighted by Crippen LogP contribution is 2.18. The number of nitrogens with one attached hydrogen (secondary N) is 2. The molecule has 150 valence electrons. The molecule has 0 aliphatic heterocycles. The van der Waals surface area contributed by atoms with Gasteiger partial charge in [0, 0.05) is 30.8 Å². The summed E-state index contributed by atoms with van der Waals surface area (Å²) in [6.07, 6.45) is 0.496. The number of rotatable bonds is 8. The summed E-state index contributed by atoms with van der Waals surface area (Å²) in [6, 6.07) is 19.6. The van der Waals surface area contributed by atoms with E-state index in [0.717, 1.165) is 28.2 Å². The van der Waals surface area contributed by atoms with Crippen LogP contribution in [0, 0.1) is 13.8 Å². The van der Waals surface area contributed by atoms with Crippen LogP contribution < -0.4 is 10.6 Å². The maximum Gasteiger partial charge on any atom is 0.224 e. The number of amides is 2. The van der Waals surface area contributed by atoms with E-state index in [4.69, 9.17) is 0 Å². The van der Waals surface area contributed by atoms with Gasteiger partial charge in [-0.15, -0.1) is 0 Å². The molecule has 0 saturated heterocycles. The number of hydrogen-bond acceptors (Lipinski definition) is 3. The zero-order valence-corrected chi connectivity index (χ0v) is 16.8. The third-order valence-corrected chi connectivity index (χ3v) is 4.79. The van der Waals surface area contributed by atoms with Gasteiger partial charge < -0.3 is 10.6 Å². The van der Waals surface area contributed by atoms with Gasteiger partial charge in [-0.05, 0) is 31.5 Å². The Morgan fingerprint density at radius 3 is 2.24 bits per heavy atom. The molecule has 29 heavy (non-hydrogen) atoms. The van der Waals surface area contributed by atoms with Crippen molar-refractivity contribution in [2.75, 3.05) is 6.54 Å². The van der Waals surface area contributed by atoms with E-state index in [-0.39, 0.29) is 24.7 Å². The van der Waals surface area contributed by atoms with Gasteiger partial charge in [-0.3, -0.25) is 9.59 Å². The minimum absolute atomic E-state index is 0.0848. The van der Waals surface area contributed by atoms with Crippen molar-refractivity contribution < 1.29 is 9.59 Å². The second kappa shape index (κ2) is 9.68. The van der Waals surface area contributed by atoms with E-state index in [1.165, 1.54) is 0 Å². The number of hydrogen-bond donors (Lipinski definition) is 2. The lowest BCUT2D eigenvalue weighted by atomic mass is 10.1. The van der Waals surface area contributed by atoms with Crippen LogP contribution in [0.3, 0.4) is 0 Å². The average molecular weight is 390 g/mol. The number of para-hydroxylation sites is 1. The Balaban J connectivity index is 1.47. The van der Waals surface area contributed by atoms with Crippen LogP contribution in [0.25, 0.3) is 5.69 Å². The second-order valence-corrected chi connectivity index (χ2v) is 6.94. The fourth-order valence-electron chi connectivity index (χ4n) is 3.17. The minimum atomic E-state index is -0.111. The predicted molar refractivity (Wildman–Crippen MR) is 113 cm³/mol. The molecule has 1 heterocycles. The fraction of sp³-hybridized carbons (Fsp3) is 0.261. The Bertz CT molecular complexity index is 965. The first-order valence-corrected chi connectivity index (χ1v) is 9.72. The van der Waals surface area contributed by atoms with E-state index in [2.05, 4.69) is 15.7 Å². The summed E-state index contributed by atoms with van der Waals surface area (Å²) >= 11 is 0. The van der Waals surface area contributed by atoms with Gasteiger partial charge in [-0.1, -0.05) is 48.5 Å². The van der Waals surface area contributed by atoms with Gasteiger partial charge in [-0.2, -0.15) is 5.10 Å². The quantitative estimate of drug-likeness (QED) is 0.621. The Morgan fingerprint density at radius 2 is 1.55 bits per heavy atom. The van der Waals surface area contributed by atoms with Crippen molar-refractivity contribution in [3.8, 4) is 5.69 Å². The van der Waals surface area contributed by atoms with Gasteiger partial charge in [0.05, 0.1) is 17.8 Å². The van der Waals surface area contributed by atoms with Crippen molar-refractivity contribution in [3.05, 3.63) is 83.2 Å². The third kappa shape index (κ3) is 5.54. The Kier molecular flexibility index (Phi) is 6.79. The van der Waals surface area contributed by atoms with E-state index in [9.17, 15) is 9.59 Å². The molecule has 6 nitrogen and oxygen atoms in total. The van der Waals surface area contributed by atoms with Crippen molar-refractivity contribution in [2.45, 2.75) is 33.2 Å². The molecule has 2 N–H and O–H groups in total. The number of nitrogens with zero attached hydrogens (tertiary/aromatic N) is 2. The van der Waals surface area contributed by atoms with Crippen LogP contribution in [-0.4, -0.2) is 28.1 Å². The molecule has 0 spiro atoms. The monoisotopic (exact) mass is 390 g/mol. The first-order valence-electron chi connectivity index (χ1n) is 9.72. The summed E-state index contributed by atoms with van der Waals surface area (Å²) in [7, 11) is 0. The molecule has 0 atom stereocenters. The highest BCUT2D eigenvalue weighted by molar-refractivity contribution is 5.80. The summed E-state index contributed by atoms with van der Waals surface area (Å²) in [4.78, 5) is 24.3. The molecule has 1 aromatic heterocycles. The molecule has 0 bridgehead atoms. The SMILES string of the molecule is Cc1nn(-c2ccccc2)c(C)c1CC(=O)NCCC(=O)NCc1ccccc1. The van der Waals surface area contributed by atoms with Crippen LogP contribution in [0.5, 0.6) is 0 Å². The first kappa shape index (κ1) is 20.3. The summed E-state index contributed by atoms with van der Waals surface area (Å²) in [5.41, 5.74) is 4.72. The Hall–Kier alpha value is -3.41. The third-order valence-electron chi connectivity index (χ3n) is 4.79. The molecule has 0 saturated carbocycles. The largest absolute Gasteiger partial charge is 0.355 e. The van der Waals surface area contributed by atoms with Gasteiger partial charge in [0.2, 0.25) is 11.8 Å². The number of aryl methyl sites for hydroxylation is 1. The van der Waals surface area contributed by atoms with Gasteiger partial charge in [0.25, 0.3) is 0 Å². The Morgan fingerprint density at radius 1 is 0.897 bits per heavy atom. The molecule has 0 aliphatic rings. The summed E-state index contributed by atoms with van der Waals surface area (Å²) in [5, 5.41) is 10.3. The normalized spacial score (nSPS) is 10.6. The van der Waals surface area contributed by atoms with Crippen LogP contribution in [0.15, 0.2) is 60.7 Å². The molecule has 2 amide bonds. The topological polar surface area (TPSA) is 76.0 Å². The van der Waals surface area contributed by atoms with E-state index in [0.29, 0.717) is 13.1 Å². The predicted octanol–water partition coefficient (Wildman–Crippen LogP) is 2.85. The van der Waals surface area contributed by atoms with Gasteiger partial charge in [-0.25, -0.2) is 4.68 Å². The second-order valence-electron chi connectivity index (χ2n) is 6.94. The van der Waals surface area contributed by atoms with Crippen LogP contribution in [-0.2, 0) is 22.6 Å². The van der Waals surface area contributed by atoms with Gasteiger partial charge in [0.15, 0.2) is 0 Å². The molecule has 3 rings (SSSR count). The minimum Gasteiger partial charge on any atom is -0.355 e. The standard InChI is InChI=1S/C23H26N4O2/c1-17-21(18(2)27(26-17)20-11-7-4-8-12-20)15-23(29)24-14-13-22(28)25-16-19-9-5-3-6-10-19/h3-12H,13-16H2,1-2H3,(H,24,29)(H,25,28). The van der Waals surface area contributed by atoms with Crippen molar-refractivity contribution in [2.24, 2.45) is 0 Å². The molecular formula is C23H26N4O2. The number of carbonyl (C=O) groups excluding carboxylic acids is 2. The molecular weight excluding hydrogens is 364 g/mol. The number of carbonyl (C=O) groups is 2. The maximum absolute atomic E-state index is 12.3. The number of benzene rings is 2. The Labute approximate surface area is 170 Å². The molecule has 0 fully saturated rings. The highest BCUT2D eigenvalue weighted by Gasteiger charge is 2.16. The van der Waals surface area contributed by atoms with Crippen molar-refractivity contribution in [1.82, 2.24) is 20.4 Å². The van der Waals surface area contributed by atoms with Crippen molar-refractivity contribution in [1.29, 1.82) is 0 Å². The molecule has 2 aromatic carbocycles. The molecule has 0 aliphatic carbocycles. The van der Waals surface area contributed by atoms with E-state index < -0.39 is 0 Å². The van der Waals surface area contributed by atoms with Crippen molar-refractivity contribution >= 4 is 11.8 Å². The molecule has 3 aromatic rings. The first-order chi connectivity index (χ1) is 14.0. The summed E-state index contributed by atoms with van der Waals surface area (Å²) in [6.45, 7) is 4.67. The average Bonchev–Trinajstić information content (AvgIpc) is 3.02. The highest BCUT2D eigenvalue weighted by atomic mass is 16.2. The smallest absolute Gasteiger partial charge is 0.224 e. The molecule has 0 unspecified atom stereocenters. The van der Waals surface area contributed by atoms with Crippen molar-refractivity contribution in [3.63, 3.8) is 0 Å². The van der Waals surface area contributed by atoms with E-state index in [1.54, 1.807) is 0 Å². The summed E-state index contributed by atoms with van der Waals surface area (Å²) in [5.74, 6) is -0.196. The van der Waals surface area contributed by atoms with E-state index in [1.807, 2.05) is 79.2 Å². The molecule has 6 heteroatoms. The number of aromatic nitrogens is 2. The summed E-state index contributed by atoms with van der Waals surface area (Å²) < 4.78 is 1.86. The van der Waals surface area contributed by atoms with Gasteiger partial charge in [0.1, 0.15) is 0 Å². The van der Waals surface area contributed by atoms with Gasteiger partial charge >= 0.3 is 0 Å². The van der Waals surface area contributed by atoms with Crippen LogP contribution in [0.1, 0.15) is 28.9 Å². The lowest BCUT2D eigenvalue weighted by molar-refractivity contribution is -0.122. The fourth-order valence-corrected chi connectivity index (χ4v) is 3.17.